The minimum atomic E-state index is -0.198. The summed E-state index contributed by atoms with van der Waals surface area (Å²) in [5.74, 6) is -0.198. The van der Waals surface area contributed by atoms with Gasteiger partial charge in [-0.1, -0.05) is 58.9 Å². The molecule has 2 heterocycles. The summed E-state index contributed by atoms with van der Waals surface area (Å²) in [7, 11) is 0. The molecule has 3 rings (SSSR count). The molecule has 0 aliphatic heterocycles. The second-order valence-corrected chi connectivity index (χ2v) is 7.87. The van der Waals surface area contributed by atoms with Crippen molar-refractivity contribution in [3.63, 3.8) is 0 Å². The maximum atomic E-state index is 13.6. The van der Waals surface area contributed by atoms with Crippen LogP contribution in [-0.4, -0.2) is 15.7 Å². The quantitative estimate of drug-likeness (QED) is 0.363. The number of aryl methyl sites for hydroxylation is 2. The molecule has 1 atom stereocenters. The fourth-order valence-corrected chi connectivity index (χ4v) is 4.11. The SMILES string of the molecule is C=CC.C=CC.CC.CC.CC/C=C/C(C)Nn1cnc(C)c1-c1sc2ccc(F)cc2c1C. The van der Waals surface area contributed by atoms with Crippen molar-refractivity contribution in [2.45, 2.75) is 81.7 Å². The molecule has 1 unspecified atom stereocenters. The molecule has 34 heavy (non-hydrogen) atoms. The number of rotatable bonds is 5. The van der Waals surface area contributed by atoms with Crippen LogP contribution in [0, 0.1) is 19.7 Å². The molecule has 1 N–H and O–H groups in total. The third kappa shape index (κ3) is 10.5. The number of imidazole rings is 1. The lowest BCUT2D eigenvalue weighted by Gasteiger charge is -2.15. The zero-order valence-electron chi connectivity index (χ0n) is 23.0. The summed E-state index contributed by atoms with van der Waals surface area (Å²) in [6.07, 6.45) is 10.6. The molecule has 0 fully saturated rings. The minimum absolute atomic E-state index is 0.198. The van der Waals surface area contributed by atoms with Gasteiger partial charge < -0.3 is 5.43 Å². The van der Waals surface area contributed by atoms with Crippen LogP contribution in [-0.2, 0) is 0 Å². The molecule has 0 saturated heterocycles. The fraction of sp³-hybridized carbons (Fsp3) is 0.414. The van der Waals surface area contributed by atoms with Gasteiger partial charge in [0.15, 0.2) is 0 Å². The molecular formula is C29H46FN3S. The highest BCUT2D eigenvalue weighted by Gasteiger charge is 2.18. The molecule has 5 heteroatoms. The zero-order valence-corrected chi connectivity index (χ0v) is 23.8. The number of fused-ring (bicyclic) bond motifs is 1. The van der Waals surface area contributed by atoms with Gasteiger partial charge in [-0.2, -0.15) is 0 Å². The van der Waals surface area contributed by atoms with Gasteiger partial charge in [0.25, 0.3) is 0 Å². The predicted molar refractivity (Wildman–Crippen MR) is 155 cm³/mol. The van der Waals surface area contributed by atoms with Crippen molar-refractivity contribution in [2.24, 2.45) is 0 Å². The highest BCUT2D eigenvalue weighted by molar-refractivity contribution is 7.22. The molecule has 3 aromatic rings. The molecule has 0 aliphatic rings. The lowest BCUT2D eigenvalue weighted by molar-refractivity contribution is 0.630. The first-order valence-electron chi connectivity index (χ1n) is 12.1. The van der Waals surface area contributed by atoms with E-state index in [2.05, 4.69) is 49.6 Å². The lowest BCUT2D eigenvalue weighted by atomic mass is 10.1. The Labute approximate surface area is 212 Å². The Hall–Kier alpha value is -2.66. The van der Waals surface area contributed by atoms with E-state index < -0.39 is 0 Å². The predicted octanol–water partition coefficient (Wildman–Crippen LogP) is 9.86. The summed E-state index contributed by atoms with van der Waals surface area (Å²) < 4.78 is 16.7. The van der Waals surface area contributed by atoms with Crippen molar-refractivity contribution in [1.29, 1.82) is 0 Å². The Kier molecular flexibility index (Phi) is 19.5. The second-order valence-electron chi connectivity index (χ2n) is 6.82. The highest BCUT2D eigenvalue weighted by atomic mass is 32.1. The Bertz CT molecular complexity index is 977. The summed E-state index contributed by atoms with van der Waals surface area (Å²) in [6.45, 7) is 26.8. The van der Waals surface area contributed by atoms with E-state index in [0.717, 1.165) is 38.3 Å². The van der Waals surface area contributed by atoms with E-state index in [-0.39, 0.29) is 11.9 Å². The van der Waals surface area contributed by atoms with Gasteiger partial charge in [-0.25, -0.2) is 14.1 Å². The highest BCUT2D eigenvalue weighted by Crippen LogP contribution is 2.39. The third-order valence-corrected chi connectivity index (χ3v) is 5.35. The van der Waals surface area contributed by atoms with E-state index in [1.165, 1.54) is 6.07 Å². The number of hydrogen-bond acceptors (Lipinski definition) is 3. The Morgan fingerprint density at radius 2 is 1.68 bits per heavy atom. The van der Waals surface area contributed by atoms with E-state index in [1.54, 1.807) is 29.6 Å². The molecule has 0 aliphatic carbocycles. The molecule has 0 bridgehead atoms. The second kappa shape index (κ2) is 19.8. The van der Waals surface area contributed by atoms with Crippen LogP contribution < -0.4 is 5.43 Å². The van der Waals surface area contributed by atoms with Crippen molar-refractivity contribution in [1.82, 2.24) is 9.66 Å². The van der Waals surface area contributed by atoms with Gasteiger partial charge in [0.2, 0.25) is 0 Å². The summed E-state index contributed by atoms with van der Waals surface area (Å²) in [6, 6.07) is 5.18. The molecule has 1 aromatic carbocycles. The fourth-order valence-electron chi connectivity index (χ4n) is 2.83. The monoisotopic (exact) mass is 487 g/mol. The van der Waals surface area contributed by atoms with Gasteiger partial charge in [-0.15, -0.1) is 24.5 Å². The van der Waals surface area contributed by atoms with Crippen LogP contribution in [0.3, 0.4) is 0 Å². The largest absolute Gasteiger partial charge is 0.318 e. The van der Waals surface area contributed by atoms with Crippen molar-refractivity contribution < 1.29 is 4.39 Å². The maximum absolute atomic E-state index is 13.6. The van der Waals surface area contributed by atoms with Crippen molar-refractivity contribution in [2.75, 3.05) is 5.43 Å². The molecule has 0 amide bonds. The van der Waals surface area contributed by atoms with Gasteiger partial charge in [0.1, 0.15) is 17.8 Å². The minimum Gasteiger partial charge on any atom is -0.318 e. The average molecular weight is 488 g/mol. The number of benzene rings is 1. The van der Waals surface area contributed by atoms with Crippen LogP contribution in [0.25, 0.3) is 20.7 Å². The molecule has 3 nitrogen and oxygen atoms in total. The van der Waals surface area contributed by atoms with E-state index in [1.807, 2.05) is 72.5 Å². The van der Waals surface area contributed by atoms with Crippen LogP contribution in [0.15, 0.2) is 62.0 Å². The van der Waals surface area contributed by atoms with E-state index in [4.69, 9.17) is 0 Å². The van der Waals surface area contributed by atoms with Gasteiger partial charge in [0.05, 0.1) is 16.6 Å². The third-order valence-electron chi connectivity index (χ3n) is 4.07. The van der Waals surface area contributed by atoms with Crippen LogP contribution in [0.2, 0.25) is 0 Å². The Morgan fingerprint density at radius 1 is 1.12 bits per heavy atom. The standard InChI is InChI=1S/C19H22FN3S.2C3H6.2C2H6/c1-5-6-7-12(2)22-23-11-21-14(4)18(23)19-13(3)16-10-15(20)8-9-17(16)24-19;2*1-3-2;2*1-2/h6-12,22H,5H2,1-4H3;2*3H,1H2,2H3;2*1-2H3/b7-6+;;;;. The summed E-state index contributed by atoms with van der Waals surface area (Å²) in [5, 5.41) is 0.973. The summed E-state index contributed by atoms with van der Waals surface area (Å²) >= 11 is 1.68. The van der Waals surface area contributed by atoms with Gasteiger partial charge in [-0.05, 0) is 70.2 Å². The number of thiophene rings is 1. The first-order chi connectivity index (χ1) is 16.3. The summed E-state index contributed by atoms with van der Waals surface area (Å²) in [5.41, 5.74) is 6.55. The van der Waals surface area contributed by atoms with Gasteiger partial charge in [0, 0.05) is 4.70 Å². The van der Waals surface area contributed by atoms with Crippen LogP contribution in [0.1, 0.15) is 73.1 Å². The smallest absolute Gasteiger partial charge is 0.123 e. The van der Waals surface area contributed by atoms with E-state index >= 15 is 0 Å². The number of halogens is 1. The normalized spacial score (nSPS) is 10.3. The van der Waals surface area contributed by atoms with Crippen LogP contribution in [0.4, 0.5) is 4.39 Å². The first kappa shape index (κ1) is 33.5. The number of nitrogens with one attached hydrogen (secondary N) is 1. The van der Waals surface area contributed by atoms with E-state index in [9.17, 15) is 4.39 Å². The maximum Gasteiger partial charge on any atom is 0.123 e. The molecule has 0 saturated carbocycles. The molecule has 0 radical (unpaired) electrons. The lowest BCUT2D eigenvalue weighted by Crippen LogP contribution is -2.23. The first-order valence-corrected chi connectivity index (χ1v) is 13.0. The zero-order chi connectivity index (χ0) is 26.7. The Balaban J connectivity index is 0. The van der Waals surface area contributed by atoms with Gasteiger partial charge in [-0.3, -0.25) is 0 Å². The number of hydrogen-bond donors (Lipinski definition) is 1. The number of aromatic nitrogens is 2. The van der Waals surface area contributed by atoms with Crippen LogP contribution >= 0.6 is 11.3 Å². The molecular weight excluding hydrogens is 441 g/mol. The van der Waals surface area contributed by atoms with Crippen molar-refractivity contribution >= 4 is 21.4 Å². The van der Waals surface area contributed by atoms with Gasteiger partial charge >= 0.3 is 0 Å². The van der Waals surface area contributed by atoms with Crippen LogP contribution in [0.5, 0.6) is 0 Å². The molecule has 190 valence electrons. The molecule has 2 aromatic heterocycles. The molecule has 0 spiro atoms. The number of allylic oxidation sites excluding steroid dienone is 3. The van der Waals surface area contributed by atoms with Crippen molar-refractivity contribution in [3.05, 3.63) is 79.1 Å². The topological polar surface area (TPSA) is 29.9 Å². The number of nitrogens with zero attached hydrogens (tertiary/aromatic N) is 2. The van der Waals surface area contributed by atoms with E-state index in [0.29, 0.717) is 0 Å². The van der Waals surface area contributed by atoms with Crippen molar-refractivity contribution in [3.8, 4) is 10.6 Å². The average Bonchev–Trinajstić information content (AvgIpc) is 3.34. The summed E-state index contributed by atoms with van der Waals surface area (Å²) in [4.78, 5) is 5.59. The Morgan fingerprint density at radius 3 is 2.21 bits per heavy atom.